The summed E-state index contributed by atoms with van der Waals surface area (Å²) in [5.74, 6) is -0.487. The van der Waals surface area contributed by atoms with Crippen molar-refractivity contribution in [1.82, 2.24) is 5.32 Å². The summed E-state index contributed by atoms with van der Waals surface area (Å²) in [5.41, 5.74) is -0.0677. The van der Waals surface area contributed by atoms with E-state index in [4.69, 9.17) is 11.6 Å². The van der Waals surface area contributed by atoms with Crippen LogP contribution in [0.15, 0.2) is 54.6 Å². The minimum Gasteiger partial charge on any atom is -0.366 e. The van der Waals surface area contributed by atoms with E-state index < -0.39 is 17.6 Å². The first-order valence-electron chi connectivity index (χ1n) is 9.50. The predicted octanol–water partition coefficient (Wildman–Crippen LogP) is 5.17. The van der Waals surface area contributed by atoms with Crippen molar-refractivity contribution in [2.75, 3.05) is 36.4 Å². The van der Waals surface area contributed by atoms with Crippen molar-refractivity contribution in [3.8, 4) is 0 Å². The van der Waals surface area contributed by atoms with Crippen LogP contribution in [-0.2, 0) is 6.18 Å². The monoisotopic (exact) mass is 433 g/mol. The molecule has 0 unspecified atom stereocenters. The topological polar surface area (TPSA) is 44.4 Å². The summed E-state index contributed by atoms with van der Waals surface area (Å²) in [6.07, 6.45) is -4.58. The molecule has 0 radical (unpaired) electrons. The maximum absolute atomic E-state index is 13.4. The number of hydrogen-bond donors (Lipinski definition) is 2. The zero-order chi connectivity index (χ0) is 21.3. The number of hydrogen-bond acceptors (Lipinski definition) is 3. The third kappa shape index (κ3) is 4.08. The van der Waals surface area contributed by atoms with Gasteiger partial charge < -0.3 is 15.5 Å². The lowest BCUT2D eigenvalue weighted by Crippen LogP contribution is -2.44. The summed E-state index contributed by atoms with van der Waals surface area (Å²) in [4.78, 5) is 15.0. The molecule has 0 saturated carbocycles. The van der Waals surface area contributed by atoms with Gasteiger partial charge in [0, 0.05) is 31.7 Å². The number of alkyl halides is 3. The molecular formula is C22H19ClF3N3O. The van der Waals surface area contributed by atoms with Crippen molar-refractivity contribution in [3.63, 3.8) is 0 Å². The first kappa shape index (κ1) is 20.5. The lowest BCUT2D eigenvalue weighted by atomic mass is 10.0. The molecule has 1 saturated heterocycles. The van der Waals surface area contributed by atoms with Crippen molar-refractivity contribution in [2.24, 2.45) is 0 Å². The van der Waals surface area contributed by atoms with E-state index in [2.05, 4.69) is 10.6 Å². The van der Waals surface area contributed by atoms with E-state index >= 15 is 0 Å². The molecule has 3 aromatic carbocycles. The van der Waals surface area contributed by atoms with Gasteiger partial charge in [0.15, 0.2) is 0 Å². The van der Waals surface area contributed by atoms with E-state index in [1.54, 1.807) is 18.2 Å². The molecule has 0 atom stereocenters. The van der Waals surface area contributed by atoms with Crippen LogP contribution in [0, 0.1) is 0 Å². The second-order valence-electron chi connectivity index (χ2n) is 7.07. The summed E-state index contributed by atoms with van der Waals surface area (Å²) < 4.78 is 40.2. The van der Waals surface area contributed by atoms with Gasteiger partial charge in [-0.3, -0.25) is 4.79 Å². The van der Waals surface area contributed by atoms with Crippen molar-refractivity contribution in [1.29, 1.82) is 0 Å². The summed E-state index contributed by atoms with van der Waals surface area (Å²) in [6.45, 7) is 2.49. The van der Waals surface area contributed by atoms with Crippen LogP contribution < -0.4 is 15.5 Å². The van der Waals surface area contributed by atoms with Gasteiger partial charge in [-0.15, -0.1) is 0 Å². The highest BCUT2D eigenvalue weighted by Gasteiger charge is 2.33. The van der Waals surface area contributed by atoms with E-state index in [9.17, 15) is 18.0 Å². The van der Waals surface area contributed by atoms with Crippen LogP contribution in [0.1, 0.15) is 15.9 Å². The maximum Gasteiger partial charge on any atom is 0.416 e. The molecule has 4 rings (SSSR count). The largest absolute Gasteiger partial charge is 0.416 e. The van der Waals surface area contributed by atoms with Gasteiger partial charge in [0.2, 0.25) is 0 Å². The lowest BCUT2D eigenvalue weighted by molar-refractivity contribution is -0.137. The summed E-state index contributed by atoms with van der Waals surface area (Å²) in [5, 5.41) is 7.43. The number of anilines is 2. The molecule has 1 aliphatic heterocycles. The lowest BCUT2D eigenvalue weighted by Gasteiger charge is -2.32. The van der Waals surface area contributed by atoms with Gasteiger partial charge in [-0.05, 0) is 29.0 Å². The zero-order valence-electron chi connectivity index (χ0n) is 15.9. The highest BCUT2D eigenvalue weighted by molar-refractivity contribution is 6.34. The Balaban J connectivity index is 1.77. The number of carbonyl (C=O) groups excluding carboxylic acids is 1. The van der Waals surface area contributed by atoms with Gasteiger partial charge in [0.1, 0.15) is 0 Å². The third-order valence-corrected chi connectivity index (χ3v) is 5.39. The normalized spacial score (nSPS) is 14.7. The molecule has 0 bridgehead atoms. The number of nitrogens with one attached hydrogen (secondary N) is 2. The first-order valence-corrected chi connectivity index (χ1v) is 9.88. The molecule has 1 amide bonds. The number of benzene rings is 3. The molecule has 1 aliphatic rings. The standard InChI is InChI=1S/C22H19ClF3N3O/c23-18-12-15(22(24,25)26)13-19(20(18)29-10-8-27-9-11-29)28-21(30)17-7-3-5-14-4-1-2-6-16(14)17/h1-7,12-13,27H,8-11H2,(H,28,30). The van der Waals surface area contributed by atoms with E-state index in [1.165, 1.54) is 0 Å². The number of piperazine rings is 1. The Hall–Kier alpha value is -2.77. The van der Waals surface area contributed by atoms with Crippen LogP contribution in [0.5, 0.6) is 0 Å². The van der Waals surface area contributed by atoms with Gasteiger partial charge in [-0.25, -0.2) is 0 Å². The van der Waals surface area contributed by atoms with E-state index in [1.807, 2.05) is 29.2 Å². The van der Waals surface area contributed by atoms with E-state index in [0.29, 0.717) is 37.4 Å². The maximum atomic E-state index is 13.4. The Morgan fingerprint density at radius 1 is 1.03 bits per heavy atom. The fourth-order valence-corrected chi connectivity index (χ4v) is 4.02. The molecule has 1 fully saturated rings. The van der Waals surface area contributed by atoms with E-state index in [0.717, 1.165) is 22.9 Å². The molecule has 3 aromatic rings. The Morgan fingerprint density at radius 3 is 2.47 bits per heavy atom. The Bertz CT molecular complexity index is 1090. The van der Waals surface area contributed by atoms with Crippen molar-refractivity contribution < 1.29 is 18.0 Å². The van der Waals surface area contributed by atoms with Crippen molar-refractivity contribution >= 4 is 39.7 Å². The average molecular weight is 434 g/mol. The Labute approximate surface area is 176 Å². The average Bonchev–Trinajstić information content (AvgIpc) is 2.73. The summed E-state index contributed by atoms with van der Waals surface area (Å²) in [6, 6.07) is 14.5. The summed E-state index contributed by atoms with van der Waals surface area (Å²) >= 11 is 6.29. The number of fused-ring (bicyclic) bond motifs is 1. The molecule has 8 heteroatoms. The highest BCUT2D eigenvalue weighted by Crippen LogP contribution is 2.41. The van der Waals surface area contributed by atoms with Crippen LogP contribution in [0.2, 0.25) is 5.02 Å². The molecule has 156 valence electrons. The van der Waals surface area contributed by atoms with Gasteiger partial charge >= 0.3 is 6.18 Å². The van der Waals surface area contributed by atoms with Crippen molar-refractivity contribution in [3.05, 3.63) is 70.7 Å². The fraction of sp³-hybridized carbons (Fsp3) is 0.227. The number of rotatable bonds is 3. The second-order valence-corrected chi connectivity index (χ2v) is 7.48. The third-order valence-electron chi connectivity index (χ3n) is 5.11. The highest BCUT2D eigenvalue weighted by atomic mass is 35.5. The Kier molecular flexibility index (Phi) is 5.58. The summed E-state index contributed by atoms with van der Waals surface area (Å²) in [7, 11) is 0. The van der Waals surface area contributed by atoms with Crippen LogP contribution in [0.3, 0.4) is 0 Å². The second kappa shape index (κ2) is 8.16. The molecule has 2 N–H and O–H groups in total. The molecule has 1 heterocycles. The van der Waals surface area contributed by atoms with Crippen LogP contribution in [0.4, 0.5) is 24.5 Å². The number of carbonyl (C=O) groups is 1. The van der Waals surface area contributed by atoms with Gasteiger partial charge in [-0.1, -0.05) is 48.0 Å². The minimum atomic E-state index is -4.58. The number of amides is 1. The molecule has 30 heavy (non-hydrogen) atoms. The van der Waals surface area contributed by atoms with Crippen LogP contribution in [-0.4, -0.2) is 32.1 Å². The van der Waals surface area contributed by atoms with Crippen molar-refractivity contribution in [2.45, 2.75) is 6.18 Å². The fourth-order valence-electron chi connectivity index (χ4n) is 3.68. The van der Waals surface area contributed by atoms with Gasteiger partial charge in [0.25, 0.3) is 5.91 Å². The SMILES string of the molecule is O=C(Nc1cc(C(F)(F)F)cc(Cl)c1N1CCNCC1)c1cccc2ccccc12. The molecule has 0 aliphatic carbocycles. The first-order chi connectivity index (χ1) is 14.3. The molecule has 0 spiro atoms. The Morgan fingerprint density at radius 2 is 1.73 bits per heavy atom. The molecule has 4 nitrogen and oxygen atoms in total. The minimum absolute atomic E-state index is 0.0417. The quantitative estimate of drug-likeness (QED) is 0.598. The zero-order valence-corrected chi connectivity index (χ0v) is 16.6. The number of nitrogens with zero attached hydrogens (tertiary/aromatic N) is 1. The smallest absolute Gasteiger partial charge is 0.366 e. The number of halogens is 4. The van der Waals surface area contributed by atoms with E-state index in [-0.39, 0.29) is 10.7 Å². The molecule has 0 aromatic heterocycles. The van der Waals surface area contributed by atoms with Gasteiger partial charge in [-0.2, -0.15) is 13.2 Å². The van der Waals surface area contributed by atoms with Crippen LogP contribution in [0.25, 0.3) is 10.8 Å². The van der Waals surface area contributed by atoms with Gasteiger partial charge in [0.05, 0.1) is 22.0 Å². The molecular weight excluding hydrogens is 415 g/mol. The van der Waals surface area contributed by atoms with Crippen LogP contribution >= 0.6 is 11.6 Å². The predicted molar refractivity (Wildman–Crippen MR) is 113 cm³/mol.